The van der Waals surface area contributed by atoms with Crippen molar-refractivity contribution >= 4 is 27.3 Å². The van der Waals surface area contributed by atoms with Gasteiger partial charge < -0.3 is 15.2 Å². The van der Waals surface area contributed by atoms with Crippen molar-refractivity contribution in [1.82, 2.24) is 10.3 Å². The van der Waals surface area contributed by atoms with E-state index in [0.717, 1.165) is 22.8 Å². The Morgan fingerprint density at radius 3 is 3.19 bits per heavy atom. The van der Waals surface area contributed by atoms with Gasteiger partial charge in [-0.1, -0.05) is 0 Å². The minimum Gasteiger partial charge on any atom is -0.383 e. The Bertz CT molecular complexity index is 350. The van der Waals surface area contributed by atoms with Gasteiger partial charge in [0.25, 0.3) is 0 Å². The van der Waals surface area contributed by atoms with E-state index in [2.05, 4.69) is 26.2 Å². The molecule has 0 spiro atoms. The first-order valence-corrected chi connectivity index (χ1v) is 6.90. The summed E-state index contributed by atoms with van der Waals surface area (Å²) in [4.78, 5) is 4.26. The maximum absolute atomic E-state index is 10.4. The summed E-state index contributed by atoms with van der Waals surface area (Å²) in [5.74, 6) is 0. The van der Waals surface area contributed by atoms with Gasteiger partial charge in [-0.3, -0.25) is 0 Å². The van der Waals surface area contributed by atoms with Crippen molar-refractivity contribution in [3.63, 3.8) is 0 Å². The average molecular weight is 307 g/mol. The van der Waals surface area contributed by atoms with Gasteiger partial charge in [-0.25, -0.2) is 4.98 Å². The lowest BCUT2D eigenvalue weighted by atomic mass is 9.97. The van der Waals surface area contributed by atoms with E-state index in [1.165, 1.54) is 11.3 Å². The number of nitrogens with zero attached hydrogens (tertiary/aromatic N) is 1. The highest BCUT2D eigenvalue weighted by Crippen LogP contribution is 2.30. The number of hydrogen-bond acceptors (Lipinski definition) is 5. The normalized spacial score (nSPS) is 25.3. The van der Waals surface area contributed by atoms with Crippen LogP contribution in [0.3, 0.4) is 0 Å². The topological polar surface area (TPSA) is 54.4 Å². The predicted molar refractivity (Wildman–Crippen MR) is 66.6 cm³/mol. The van der Waals surface area contributed by atoms with Gasteiger partial charge in [0.2, 0.25) is 0 Å². The number of ether oxygens (including phenoxy) is 1. The highest BCUT2D eigenvalue weighted by molar-refractivity contribution is 9.10. The summed E-state index contributed by atoms with van der Waals surface area (Å²) >= 11 is 4.77. The Kier molecular flexibility index (Phi) is 3.97. The van der Waals surface area contributed by atoms with Crippen LogP contribution in [-0.2, 0) is 10.3 Å². The third kappa shape index (κ3) is 3.01. The highest BCUT2D eigenvalue weighted by Gasteiger charge is 2.31. The summed E-state index contributed by atoms with van der Waals surface area (Å²) < 4.78 is 6.15. The van der Waals surface area contributed by atoms with Crippen LogP contribution in [0.4, 0.5) is 0 Å². The van der Waals surface area contributed by atoms with Crippen molar-refractivity contribution in [2.45, 2.75) is 25.0 Å². The highest BCUT2D eigenvalue weighted by atomic mass is 79.9. The molecule has 0 saturated carbocycles. The summed E-state index contributed by atoms with van der Waals surface area (Å²) in [6, 6.07) is 0.200. The lowest BCUT2D eigenvalue weighted by Gasteiger charge is -2.30. The van der Waals surface area contributed by atoms with Crippen molar-refractivity contribution in [1.29, 1.82) is 0 Å². The standard InChI is InChI=1S/C10H15BrN2O2S/c1-10(14,9-13-8(11)6-16-9)4-7-5-15-3-2-12-7/h6-7,12,14H,2-5H2,1H3. The second-order valence-corrected chi connectivity index (χ2v) is 5.85. The smallest absolute Gasteiger partial charge is 0.125 e. The van der Waals surface area contributed by atoms with E-state index in [1.807, 2.05) is 5.38 Å². The number of aliphatic hydroxyl groups is 1. The van der Waals surface area contributed by atoms with E-state index in [-0.39, 0.29) is 6.04 Å². The summed E-state index contributed by atoms with van der Waals surface area (Å²) in [7, 11) is 0. The quantitative estimate of drug-likeness (QED) is 0.888. The summed E-state index contributed by atoms with van der Waals surface area (Å²) in [6.07, 6.45) is 0.618. The number of halogens is 1. The molecule has 2 atom stereocenters. The summed E-state index contributed by atoms with van der Waals surface area (Å²) in [5.41, 5.74) is -0.894. The largest absolute Gasteiger partial charge is 0.383 e. The van der Waals surface area contributed by atoms with Crippen molar-refractivity contribution in [2.75, 3.05) is 19.8 Å². The maximum atomic E-state index is 10.4. The first-order valence-electron chi connectivity index (χ1n) is 5.23. The first kappa shape index (κ1) is 12.4. The fraction of sp³-hybridized carbons (Fsp3) is 0.700. The van der Waals surface area contributed by atoms with Gasteiger partial charge in [0.1, 0.15) is 15.2 Å². The van der Waals surface area contributed by atoms with Crippen LogP contribution in [0.15, 0.2) is 9.98 Å². The van der Waals surface area contributed by atoms with Crippen molar-refractivity contribution < 1.29 is 9.84 Å². The van der Waals surface area contributed by atoms with E-state index in [9.17, 15) is 5.11 Å². The second kappa shape index (κ2) is 5.10. The molecule has 0 bridgehead atoms. The summed E-state index contributed by atoms with van der Waals surface area (Å²) in [5, 5.41) is 16.3. The number of aromatic nitrogens is 1. The molecule has 1 fully saturated rings. The molecule has 2 heterocycles. The molecule has 0 amide bonds. The molecule has 1 saturated heterocycles. The van der Waals surface area contributed by atoms with Gasteiger partial charge in [-0.2, -0.15) is 0 Å². The van der Waals surface area contributed by atoms with E-state index in [0.29, 0.717) is 13.0 Å². The molecule has 2 unspecified atom stereocenters. The minimum absolute atomic E-state index is 0.200. The Balaban J connectivity index is 2.01. The van der Waals surface area contributed by atoms with Crippen LogP contribution in [0.2, 0.25) is 0 Å². The Morgan fingerprint density at radius 1 is 1.81 bits per heavy atom. The molecule has 90 valence electrons. The van der Waals surface area contributed by atoms with Crippen molar-refractivity contribution in [2.24, 2.45) is 0 Å². The molecule has 1 aromatic heterocycles. The third-order valence-electron chi connectivity index (χ3n) is 2.58. The molecule has 1 aliphatic rings. The Morgan fingerprint density at radius 2 is 2.62 bits per heavy atom. The molecular formula is C10H15BrN2O2S. The minimum atomic E-state index is -0.894. The lowest BCUT2D eigenvalue weighted by Crippen LogP contribution is -2.45. The number of morpholine rings is 1. The fourth-order valence-electron chi connectivity index (χ4n) is 1.82. The SMILES string of the molecule is CC(O)(CC1COCCN1)c1nc(Br)cs1. The predicted octanol–water partition coefficient (Wildman–Crippen LogP) is 1.49. The molecule has 0 radical (unpaired) electrons. The van der Waals surface area contributed by atoms with Gasteiger partial charge in [-0.15, -0.1) is 11.3 Å². The zero-order valence-electron chi connectivity index (χ0n) is 9.07. The van der Waals surface area contributed by atoms with E-state index in [1.54, 1.807) is 6.92 Å². The third-order valence-corrected chi connectivity index (χ3v) is 4.38. The molecule has 1 aromatic rings. The maximum Gasteiger partial charge on any atom is 0.125 e. The van der Waals surface area contributed by atoms with Gasteiger partial charge in [0.05, 0.1) is 13.2 Å². The molecule has 6 heteroatoms. The van der Waals surface area contributed by atoms with Gasteiger partial charge in [0, 0.05) is 18.0 Å². The van der Waals surface area contributed by atoms with E-state index >= 15 is 0 Å². The van der Waals surface area contributed by atoms with Crippen molar-refractivity contribution in [3.05, 3.63) is 15.0 Å². The van der Waals surface area contributed by atoms with E-state index in [4.69, 9.17) is 4.74 Å². The van der Waals surface area contributed by atoms with E-state index < -0.39 is 5.60 Å². The Labute approximate surface area is 107 Å². The average Bonchev–Trinajstić information content (AvgIpc) is 2.66. The number of hydrogen-bond donors (Lipinski definition) is 2. The van der Waals surface area contributed by atoms with Crippen LogP contribution >= 0.6 is 27.3 Å². The monoisotopic (exact) mass is 306 g/mol. The fourth-order valence-corrected chi connectivity index (χ4v) is 3.14. The molecule has 2 rings (SSSR count). The lowest BCUT2D eigenvalue weighted by molar-refractivity contribution is 0.00303. The number of thiazole rings is 1. The van der Waals surface area contributed by atoms with Gasteiger partial charge in [-0.05, 0) is 29.3 Å². The second-order valence-electron chi connectivity index (χ2n) is 4.18. The number of nitrogens with one attached hydrogen (secondary N) is 1. The molecule has 16 heavy (non-hydrogen) atoms. The molecule has 4 nitrogen and oxygen atoms in total. The van der Waals surface area contributed by atoms with Crippen LogP contribution in [0, 0.1) is 0 Å². The first-order chi connectivity index (χ1) is 7.58. The van der Waals surface area contributed by atoms with Crippen LogP contribution in [0.25, 0.3) is 0 Å². The molecule has 0 aliphatic carbocycles. The molecule has 1 aliphatic heterocycles. The van der Waals surface area contributed by atoms with Crippen molar-refractivity contribution in [3.8, 4) is 0 Å². The zero-order valence-corrected chi connectivity index (χ0v) is 11.5. The molecule has 0 aromatic carbocycles. The van der Waals surface area contributed by atoms with Gasteiger partial charge >= 0.3 is 0 Å². The van der Waals surface area contributed by atoms with Gasteiger partial charge in [0.15, 0.2) is 0 Å². The zero-order chi connectivity index (χ0) is 11.6. The number of rotatable bonds is 3. The van der Waals surface area contributed by atoms with Crippen LogP contribution in [0.5, 0.6) is 0 Å². The van der Waals surface area contributed by atoms with Crippen LogP contribution in [-0.4, -0.2) is 35.9 Å². The molecule has 2 N–H and O–H groups in total. The van der Waals surface area contributed by atoms with Crippen LogP contribution in [0.1, 0.15) is 18.4 Å². The molecular weight excluding hydrogens is 292 g/mol. The summed E-state index contributed by atoms with van der Waals surface area (Å²) in [6.45, 7) is 4.06. The van der Waals surface area contributed by atoms with Crippen LogP contribution < -0.4 is 5.32 Å². The Hall–Kier alpha value is -0.0100.